The van der Waals surface area contributed by atoms with Gasteiger partial charge in [0.15, 0.2) is 0 Å². The molecule has 0 radical (unpaired) electrons. The maximum Gasteiger partial charge on any atom is 0.137 e. The molecule has 0 bridgehead atoms. The Morgan fingerprint density at radius 2 is 2.29 bits per heavy atom. The quantitative estimate of drug-likeness (QED) is 0.719. The lowest BCUT2D eigenvalue weighted by Gasteiger charge is -2.34. The van der Waals surface area contributed by atoms with E-state index in [1.807, 2.05) is 0 Å². The van der Waals surface area contributed by atoms with E-state index in [4.69, 9.17) is 0 Å². The molecule has 0 amide bonds. The number of carbonyl (C=O) groups is 1. The van der Waals surface area contributed by atoms with Crippen LogP contribution in [0.2, 0.25) is 0 Å². The van der Waals surface area contributed by atoms with Gasteiger partial charge in [0.25, 0.3) is 0 Å². The maximum atomic E-state index is 11.8. The van der Waals surface area contributed by atoms with Crippen LogP contribution in [0.25, 0.3) is 0 Å². The number of carbonyl (C=O) groups excluding carboxylic acids is 1. The smallest absolute Gasteiger partial charge is 0.137 e. The summed E-state index contributed by atoms with van der Waals surface area (Å²) in [6.07, 6.45) is 4.30. The van der Waals surface area contributed by atoms with E-state index in [0.29, 0.717) is 17.7 Å². The Bertz CT molecular complexity index is 213. The summed E-state index contributed by atoms with van der Waals surface area (Å²) in [5.74, 6) is 0.905. The van der Waals surface area contributed by atoms with Crippen LogP contribution in [0, 0.1) is 5.92 Å². The Kier molecular flexibility index (Phi) is 3.19. The fourth-order valence-electron chi connectivity index (χ4n) is 2.22. The van der Waals surface area contributed by atoms with Crippen molar-refractivity contribution in [1.29, 1.82) is 0 Å². The molecule has 3 nitrogen and oxygen atoms in total. The van der Waals surface area contributed by atoms with Crippen LogP contribution in [0.4, 0.5) is 0 Å². The number of piperazine rings is 1. The number of hydrogen-bond acceptors (Lipinski definition) is 3. The van der Waals surface area contributed by atoms with Gasteiger partial charge in [0, 0.05) is 38.0 Å². The monoisotopic (exact) mass is 196 g/mol. The number of hydrogen-bond donors (Lipinski definition) is 1. The number of ketones is 1. The van der Waals surface area contributed by atoms with Crippen molar-refractivity contribution in [2.75, 3.05) is 26.7 Å². The third-order valence-corrected chi connectivity index (χ3v) is 3.64. The second kappa shape index (κ2) is 4.41. The van der Waals surface area contributed by atoms with Crippen LogP contribution in [0.5, 0.6) is 0 Å². The molecular formula is C11H20N2O. The SMILES string of the molecule is CN1CCNCC1CC(=O)C1CCC1. The summed E-state index contributed by atoms with van der Waals surface area (Å²) in [4.78, 5) is 14.1. The molecule has 3 heteroatoms. The fourth-order valence-corrected chi connectivity index (χ4v) is 2.22. The average Bonchev–Trinajstić information content (AvgIpc) is 2.05. The van der Waals surface area contributed by atoms with Crippen molar-refractivity contribution in [3.05, 3.63) is 0 Å². The van der Waals surface area contributed by atoms with Crippen LogP contribution in [0.3, 0.4) is 0 Å². The minimum Gasteiger partial charge on any atom is -0.314 e. The molecule has 1 heterocycles. The van der Waals surface area contributed by atoms with Gasteiger partial charge < -0.3 is 10.2 Å². The molecular weight excluding hydrogens is 176 g/mol. The van der Waals surface area contributed by atoms with E-state index < -0.39 is 0 Å². The summed E-state index contributed by atoms with van der Waals surface area (Å²) < 4.78 is 0. The van der Waals surface area contributed by atoms with Gasteiger partial charge in [0.1, 0.15) is 5.78 Å². The molecule has 0 aromatic rings. The van der Waals surface area contributed by atoms with Gasteiger partial charge in [-0.25, -0.2) is 0 Å². The van der Waals surface area contributed by atoms with Crippen molar-refractivity contribution in [1.82, 2.24) is 10.2 Å². The lowest BCUT2D eigenvalue weighted by molar-refractivity contribution is -0.126. The molecule has 0 aromatic heterocycles. The van der Waals surface area contributed by atoms with Gasteiger partial charge >= 0.3 is 0 Å². The van der Waals surface area contributed by atoms with E-state index in [0.717, 1.165) is 38.9 Å². The first-order valence-corrected chi connectivity index (χ1v) is 5.71. The molecule has 0 spiro atoms. The van der Waals surface area contributed by atoms with Gasteiger partial charge in [-0.05, 0) is 19.9 Å². The molecule has 1 saturated heterocycles. The third kappa shape index (κ3) is 2.15. The maximum absolute atomic E-state index is 11.8. The lowest BCUT2D eigenvalue weighted by Crippen LogP contribution is -2.50. The zero-order valence-electron chi connectivity index (χ0n) is 8.96. The van der Waals surface area contributed by atoms with Crippen LogP contribution in [0.1, 0.15) is 25.7 Å². The molecule has 2 fully saturated rings. The zero-order valence-corrected chi connectivity index (χ0v) is 8.96. The molecule has 80 valence electrons. The van der Waals surface area contributed by atoms with Crippen LogP contribution in [-0.2, 0) is 4.79 Å². The Labute approximate surface area is 85.8 Å². The van der Waals surface area contributed by atoms with Gasteiger partial charge in [-0.1, -0.05) is 6.42 Å². The second-order valence-electron chi connectivity index (χ2n) is 4.64. The number of likely N-dealkylation sites (N-methyl/N-ethyl adjacent to an activating group) is 1. The molecule has 1 N–H and O–H groups in total. The molecule has 1 saturated carbocycles. The number of nitrogens with one attached hydrogen (secondary N) is 1. The third-order valence-electron chi connectivity index (χ3n) is 3.64. The predicted octanol–water partition coefficient (Wildman–Crippen LogP) is 0.649. The van der Waals surface area contributed by atoms with Crippen molar-refractivity contribution in [2.45, 2.75) is 31.7 Å². The molecule has 0 aromatic carbocycles. The average molecular weight is 196 g/mol. The zero-order chi connectivity index (χ0) is 9.97. The van der Waals surface area contributed by atoms with E-state index in [9.17, 15) is 4.79 Å². The van der Waals surface area contributed by atoms with Crippen LogP contribution >= 0.6 is 0 Å². The highest BCUT2D eigenvalue weighted by atomic mass is 16.1. The van der Waals surface area contributed by atoms with Crippen LogP contribution in [0.15, 0.2) is 0 Å². The number of rotatable bonds is 3. The molecule has 1 aliphatic carbocycles. The van der Waals surface area contributed by atoms with Gasteiger partial charge in [-0.15, -0.1) is 0 Å². The standard InChI is InChI=1S/C11H20N2O/c1-13-6-5-12-8-10(13)7-11(14)9-3-2-4-9/h9-10,12H,2-8H2,1H3. The largest absolute Gasteiger partial charge is 0.314 e. The van der Waals surface area contributed by atoms with Gasteiger partial charge in [0.2, 0.25) is 0 Å². The lowest BCUT2D eigenvalue weighted by atomic mass is 9.80. The minimum absolute atomic E-state index is 0.408. The van der Waals surface area contributed by atoms with Crippen LogP contribution < -0.4 is 5.32 Å². The summed E-state index contributed by atoms with van der Waals surface area (Å²) in [6.45, 7) is 3.11. The van der Waals surface area contributed by atoms with E-state index in [-0.39, 0.29) is 0 Å². The molecule has 2 rings (SSSR count). The Balaban J connectivity index is 1.79. The number of nitrogens with zero attached hydrogens (tertiary/aromatic N) is 1. The first-order chi connectivity index (χ1) is 6.77. The predicted molar refractivity (Wildman–Crippen MR) is 56.3 cm³/mol. The van der Waals surface area contributed by atoms with Gasteiger partial charge in [-0.3, -0.25) is 4.79 Å². The molecule has 2 aliphatic rings. The highest BCUT2D eigenvalue weighted by Gasteiger charge is 2.29. The van der Waals surface area contributed by atoms with E-state index >= 15 is 0 Å². The number of Topliss-reactive ketones (excluding diaryl/α,β-unsaturated/α-hetero) is 1. The molecule has 1 aliphatic heterocycles. The topological polar surface area (TPSA) is 32.3 Å². The fraction of sp³-hybridized carbons (Fsp3) is 0.909. The summed E-state index contributed by atoms with van der Waals surface area (Å²) in [7, 11) is 2.12. The summed E-state index contributed by atoms with van der Waals surface area (Å²) in [6, 6.07) is 0.442. The second-order valence-corrected chi connectivity index (χ2v) is 4.64. The summed E-state index contributed by atoms with van der Waals surface area (Å²) in [5, 5.41) is 3.35. The Morgan fingerprint density at radius 1 is 1.50 bits per heavy atom. The van der Waals surface area contributed by atoms with Crippen molar-refractivity contribution >= 4 is 5.78 Å². The van der Waals surface area contributed by atoms with E-state index in [1.54, 1.807) is 0 Å². The Morgan fingerprint density at radius 3 is 2.86 bits per heavy atom. The van der Waals surface area contributed by atoms with E-state index in [1.165, 1.54) is 6.42 Å². The summed E-state index contributed by atoms with van der Waals surface area (Å²) in [5.41, 5.74) is 0. The molecule has 1 atom stereocenters. The van der Waals surface area contributed by atoms with Crippen LogP contribution in [-0.4, -0.2) is 43.4 Å². The highest BCUT2D eigenvalue weighted by molar-refractivity contribution is 5.82. The first-order valence-electron chi connectivity index (χ1n) is 5.71. The normalized spacial score (nSPS) is 29.9. The molecule has 1 unspecified atom stereocenters. The molecule has 14 heavy (non-hydrogen) atoms. The van der Waals surface area contributed by atoms with Gasteiger partial charge in [-0.2, -0.15) is 0 Å². The Hall–Kier alpha value is -0.410. The van der Waals surface area contributed by atoms with Gasteiger partial charge in [0.05, 0.1) is 0 Å². The van der Waals surface area contributed by atoms with Crippen molar-refractivity contribution in [2.24, 2.45) is 5.92 Å². The van der Waals surface area contributed by atoms with Crippen molar-refractivity contribution < 1.29 is 4.79 Å². The first kappa shape index (κ1) is 10.1. The van der Waals surface area contributed by atoms with Crippen molar-refractivity contribution in [3.63, 3.8) is 0 Å². The van der Waals surface area contributed by atoms with E-state index in [2.05, 4.69) is 17.3 Å². The highest BCUT2D eigenvalue weighted by Crippen LogP contribution is 2.28. The minimum atomic E-state index is 0.408. The van der Waals surface area contributed by atoms with Crippen molar-refractivity contribution in [3.8, 4) is 0 Å². The summed E-state index contributed by atoms with van der Waals surface area (Å²) >= 11 is 0.